The van der Waals surface area contributed by atoms with E-state index in [9.17, 15) is 0 Å². The molecule has 0 unspecified atom stereocenters. The Morgan fingerprint density at radius 2 is 1.80 bits per heavy atom. The molecule has 3 N–H and O–H groups in total. The molecule has 10 heavy (non-hydrogen) atoms. The Labute approximate surface area is 62.2 Å². The average molecular weight is 140 g/mol. The van der Waals surface area contributed by atoms with Gasteiger partial charge in [-0.15, -0.1) is 0 Å². The van der Waals surface area contributed by atoms with Crippen molar-refractivity contribution in [3.8, 4) is 0 Å². The number of nitrogens with two attached hydrogens (primary N) is 1. The maximum Gasteiger partial charge on any atom is 0.00392 e. The first-order valence-corrected chi connectivity index (χ1v) is 4.27. The van der Waals surface area contributed by atoms with Crippen molar-refractivity contribution in [2.45, 2.75) is 31.7 Å². The van der Waals surface area contributed by atoms with E-state index in [0.717, 1.165) is 0 Å². The number of nitrogens with one attached hydrogen (secondary N) is 1. The van der Waals surface area contributed by atoms with E-state index in [1.54, 1.807) is 0 Å². The molecular formula is C8H16N2. The van der Waals surface area contributed by atoms with Crippen molar-refractivity contribution in [3.05, 3.63) is 0 Å². The third-order valence-corrected chi connectivity index (χ3v) is 3.09. The van der Waals surface area contributed by atoms with Crippen LogP contribution in [0.2, 0.25) is 0 Å². The minimum Gasteiger partial charge on any atom is -0.328 e. The minimum absolute atomic E-state index is 0.506. The second kappa shape index (κ2) is 2.21. The molecule has 1 saturated heterocycles. The second-order valence-corrected chi connectivity index (χ2v) is 3.94. The summed E-state index contributed by atoms with van der Waals surface area (Å²) in [7, 11) is 0. The van der Waals surface area contributed by atoms with Gasteiger partial charge in [0.15, 0.2) is 0 Å². The minimum atomic E-state index is 0.506. The molecule has 1 aliphatic heterocycles. The van der Waals surface area contributed by atoms with Crippen molar-refractivity contribution in [2.75, 3.05) is 13.1 Å². The van der Waals surface area contributed by atoms with E-state index in [1.807, 2.05) is 0 Å². The van der Waals surface area contributed by atoms with Crippen LogP contribution in [-0.2, 0) is 0 Å². The molecule has 0 bridgehead atoms. The van der Waals surface area contributed by atoms with Crippen molar-refractivity contribution in [2.24, 2.45) is 11.1 Å². The Balaban J connectivity index is 1.90. The molecule has 2 fully saturated rings. The van der Waals surface area contributed by atoms with Crippen LogP contribution >= 0.6 is 0 Å². The molecular weight excluding hydrogens is 124 g/mol. The van der Waals surface area contributed by atoms with Gasteiger partial charge in [0, 0.05) is 19.1 Å². The van der Waals surface area contributed by atoms with Crippen molar-refractivity contribution in [1.82, 2.24) is 5.32 Å². The normalized spacial score (nSPS) is 32.1. The molecule has 2 rings (SSSR count). The fourth-order valence-corrected chi connectivity index (χ4v) is 2.08. The fourth-order valence-electron chi connectivity index (χ4n) is 2.08. The maximum absolute atomic E-state index is 5.81. The molecule has 1 aliphatic carbocycles. The first-order chi connectivity index (χ1) is 4.81. The summed E-state index contributed by atoms with van der Waals surface area (Å²) < 4.78 is 0. The first-order valence-electron chi connectivity index (χ1n) is 4.27. The Kier molecular flexibility index (Phi) is 1.46. The molecule has 0 amide bonds. The summed E-state index contributed by atoms with van der Waals surface area (Å²) in [5.74, 6) is 0. The van der Waals surface area contributed by atoms with E-state index in [1.165, 1.54) is 38.8 Å². The zero-order valence-corrected chi connectivity index (χ0v) is 6.40. The van der Waals surface area contributed by atoms with Crippen LogP contribution < -0.4 is 11.1 Å². The molecule has 0 aromatic heterocycles. The van der Waals surface area contributed by atoms with Crippen molar-refractivity contribution in [1.29, 1.82) is 0 Å². The standard InChI is InChI=1S/C8H16N2/c9-7-1-3-8(4-2-7)5-10-6-8/h7,10H,1-6,9H2. The van der Waals surface area contributed by atoms with Gasteiger partial charge in [0.2, 0.25) is 0 Å². The van der Waals surface area contributed by atoms with Crippen molar-refractivity contribution < 1.29 is 0 Å². The number of rotatable bonds is 0. The summed E-state index contributed by atoms with van der Waals surface area (Å²) in [5.41, 5.74) is 6.50. The lowest BCUT2D eigenvalue weighted by atomic mass is 9.69. The van der Waals surface area contributed by atoms with Gasteiger partial charge in [-0.25, -0.2) is 0 Å². The molecule has 1 saturated carbocycles. The van der Waals surface area contributed by atoms with Crippen LogP contribution in [0.3, 0.4) is 0 Å². The number of hydrogen-bond acceptors (Lipinski definition) is 2. The molecule has 0 aromatic rings. The number of hydrogen-bond donors (Lipinski definition) is 2. The highest BCUT2D eigenvalue weighted by Gasteiger charge is 2.39. The highest BCUT2D eigenvalue weighted by Crippen LogP contribution is 2.38. The monoisotopic (exact) mass is 140 g/mol. The van der Waals surface area contributed by atoms with Crippen LogP contribution in [0.1, 0.15) is 25.7 Å². The third-order valence-electron chi connectivity index (χ3n) is 3.09. The van der Waals surface area contributed by atoms with Crippen LogP contribution in [0.4, 0.5) is 0 Å². The molecule has 2 nitrogen and oxygen atoms in total. The lowest BCUT2D eigenvalue weighted by Crippen LogP contribution is -2.55. The average Bonchev–Trinajstić information content (AvgIpc) is 1.86. The fraction of sp³-hybridized carbons (Fsp3) is 1.00. The summed E-state index contributed by atoms with van der Waals surface area (Å²) in [6, 6.07) is 0.506. The zero-order chi connectivity index (χ0) is 7.03. The van der Waals surface area contributed by atoms with Gasteiger partial charge in [0.1, 0.15) is 0 Å². The summed E-state index contributed by atoms with van der Waals surface area (Å²) in [5, 5.41) is 3.35. The predicted molar refractivity (Wildman–Crippen MR) is 41.7 cm³/mol. The van der Waals surface area contributed by atoms with Gasteiger partial charge in [-0.1, -0.05) is 0 Å². The van der Waals surface area contributed by atoms with Gasteiger partial charge in [0.05, 0.1) is 0 Å². The van der Waals surface area contributed by atoms with Crippen LogP contribution in [0.5, 0.6) is 0 Å². The smallest absolute Gasteiger partial charge is 0.00392 e. The van der Waals surface area contributed by atoms with E-state index in [4.69, 9.17) is 5.73 Å². The third kappa shape index (κ3) is 0.956. The van der Waals surface area contributed by atoms with Gasteiger partial charge >= 0.3 is 0 Å². The Morgan fingerprint density at radius 1 is 1.20 bits per heavy atom. The van der Waals surface area contributed by atoms with Crippen molar-refractivity contribution in [3.63, 3.8) is 0 Å². The highest BCUT2D eigenvalue weighted by molar-refractivity contribution is 4.96. The van der Waals surface area contributed by atoms with E-state index in [2.05, 4.69) is 5.32 Å². The Morgan fingerprint density at radius 3 is 2.20 bits per heavy atom. The van der Waals surface area contributed by atoms with Gasteiger partial charge in [-0.2, -0.15) is 0 Å². The second-order valence-electron chi connectivity index (χ2n) is 3.94. The van der Waals surface area contributed by atoms with Gasteiger partial charge in [0.25, 0.3) is 0 Å². The van der Waals surface area contributed by atoms with E-state index >= 15 is 0 Å². The highest BCUT2D eigenvalue weighted by atomic mass is 15.0. The molecule has 2 heteroatoms. The maximum atomic E-state index is 5.81. The Bertz CT molecular complexity index is 119. The van der Waals surface area contributed by atoms with Crippen LogP contribution in [0, 0.1) is 5.41 Å². The molecule has 1 heterocycles. The largest absolute Gasteiger partial charge is 0.328 e. The molecule has 0 radical (unpaired) electrons. The lowest BCUT2D eigenvalue weighted by Gasteiger charge is -2.46. The van der Waals surface area contributed by atoms with Crippen LogP contribution in [-0.4, -0.2) is 19.1 Å². The van der Waals surface area contributed by atoms with Crippen LogP contribution in [0.25, 0.3) is 0 Å². The quantitative estimate of drug-likeness (QED) is 0.513. The van der Waals surface area contributed by atoms with Gasteiger partial charge in [-0.3, -0.25) is 0 Å². The first kappa shape index (κ1) is 6.62. The summed E-state index contributed by atoms with van der Waals surface area (Å²) in [4.78, 5) is 0. The van der Waals surface area contributed by atoms with Gasteiger partial charge < -0.3 is 11.1 Å². The lowest BCUT2D eigenvalue weighted by molar-refractivity contribution is 0.0985. The molecule has 58 valence electrons. The summed E-state index contributed by atoms with van der Waals surface area (Å²) in [6.45, 7) is 2.50. The predicted octanol–water partition coefficient (Wildman–Crippen LogP) is 0.477. The zero-order valence-electron chi connectivity index (χ0n) is 6.40. The SMILES string of the molecule is NC1CCC2(CC1)CNC2. The van der Waals surface area contributed by atoms with Crippen molar-refractivity contribution >= 4 is 0 Å². The van der Waals surface area contributed by atoms with E-state index in [-0.39, 0.29) is 0 Å². The molecule has 0 atom stereocenters. The summed E-state index contributed by atoms with van der Waals surface area (Å²) in [6.07, 6.45) is 5.23. The molecule has 0 aromatic carbocycles. The summed E-state index contributed by atoms with van der Waals surface area (Å²) >= 11 is 0. The Hall–Kier alpha value is -0.0800. The molecule has 2 aliphatic rings. The van der Waals surface area contributed by atoms with E-state index < -0.39 is 0 Å². The molecule has 1 spiro atoms. The van der Waals surface area contributed by atoms with Crippen LogP contribution in [0.15, 0.2) is 0 Å². The van der Waals surface area contributed by atoms with E-state index in [0.29, 0.717) is 11.5 Å². The topological polar surface area (TPSA) is 38.0 Å². The van der Waals surface area contributed by atoms with Gasteiger partial charge in [-0.05, 0) is 31.1 Å².